The van der Waals surface area contributed by atoms with E-state index in [0.717, 1.165) is 29.7 Å². The van der Waals surface area contributed by atoms with E-state index >= 15 is 0 Å². The summed E-state index contributed by atoms with van der Waals surface area (Å²) in [7, 11) is 1.64. The third-order valence-electron chi connectivity index (χ3n) is 4.94. The van der Waals surface area contributed by atoms with Gasteiger partial charge in [-0.2, -0.15) is 0 Å². The quantitative estimate of drug-likeness (QED) is 0.814. The Kier molecular flexibility index (Phi) is 5.39. The van der Waals surface area contributed by atoms with Crippen molar-refractivity contribution in [3.05, 3.63) is 65.2 Å². The Bertz CT molecular complexity index is 726. The molecule has 1 aliphatic rings. The number of hydrogen-bond donors (Lipinski definition) is 2. The van der Waals surface area contributed by atoms with Crippen molar-refractivity contribution >= 4 is 5.91 Å². The van der Waals surface area contributed by atoms with E-state index in [0.29, 0.717) is 0 Å². The van der Waals surface area contributed by atoms with E-state index in [9.17, 15) is 9.90 Å². The fourth-order valence-electron chi connectivity index (χ4n) is 3.22. The lowest BCUT2D eigenvalue weighted by molar-refractivity contribution is -0.123. The van der Waals surface area contributed by atoms with Crippen molar-refractivity contribution in [1.82, 2.24) is 5.32 Å². The fraction of sp³-hybridized carbons (Fsp3) is 0.381. The van der Waals surface area contributed by atoms with Crippen LogP contribution in [-0.2, 0) is 11.2 Å². The minimum atomic E-state index is -0.357. The molecule has 1 amide bonds. The van der Waals surface area contributed by atoms with Crippen molar-refractivity contribution in [3.63, 3.8) is 0 Å². The molecule has 0 aliphatic heterocycles. The first-order valence-electron chi connectivity index (χ1n) is 8.80. The van der Waals surface area contributed by atoms with Gasteiger partial charge in [-0.25, -0.2) is 0 Å². The predicted octanol–water partition coefficient (Wildman–Crippen LogP) is 3.21. The van der Waals surface area contributed by atoms with Gasteiger partial charge in [-0.1, -0.05) is 43.3 Å². The number of carbonyl (C=O) groups excluding carboxylic acids is 1. The maximum Gasteiger partial charge on any atom is 0.224 e. The Labute approximate surface area is 148 Å². The lowest BCUT2D eigenvalue weighted by Gasteiger charge is -2.17. The van der Waals surface area contributed by atoms with E-state index in [4.69, 9.17) is 4.74 Å². The molecule has 3 rings (SSSR count). The molecule has 0 bridgehead atoms. The number of rotatable bonds is 7. The fourth-order valence-corrected chi connectivity index (χ4v) is 3.22. The van der Waals surface area contributed by atoms with Crippen molar-refractivity contribution in [2.45, 2.75) is 31.7 Å². The van der Waals surface area contributed by atoms with E-state index < -0.39 is 0 Å². The number of aliphatic hydroxyl groups excluding tert-OH is 1. The molecule has 1 fully saturated rings. The number of aliphatic hydroxyl groups is 1. The maximum atomic E-state index is 12.6. The van der Waals surface area contributed by atoms with Crippen LogP contribution < -0.4 is 10.1 Å². The minimum absolute atomic E-state index is 0.00596. The Morgan fingerprint density at radius 1 is 1.28 bits per heavy atom. The van der Waals surface area contributed by atoms with Crippen LogP contribution in [0.1, 0.15) is 42.0 Å². The van der Waals surface area contributed by atoms with E-state index in [1.807, 2.05) is 48.5 Å². The molecule has 0 radical (unpaired) electrons. The molecule has 1 aliphatic carbocycles. The summed E-state index contributed by atoms with van der Waals surface area (Å²) in [6.07, 6.45) is 1.81. The van der Waals surface area contributed by atoms with Crippen LogP contribution in [-0.4, -0.2) is 24.7 Å². The van der Waals surface area contributed by atoms with Gasteiger partial charge < -0.3 is 15.2 Å². The monoisotopic (exact) mass is 339 g/mol. The summed E-state index contributed by atoms with van der Waals surface area (Å²) >= 11 is 0. The summed E-state index contributed by atoms with van der Waals surface area (Å²) in [6.45, 7) is 2.00. The molecule has 4 heteroatoms. The third-order valence-corrected chi connectivity index (χ3v) is 4.94. The SMILES string of the molecule is CCc1ccc(C(CO)NC(=O)C2CC2c2cccc(OC)c2)cc1. The van der Waals surface area contributed by atoms with Crippen molar-refractivity contribution in [3.8, 4) is 5.75 Å². The minimum Gasteiger partial charge on any atom is -0.497 e. The lowest BCUT2D eigenvalue weighted by Crippen LogP contribution is -2.32. The van der Waals surface area contributed by atoms with Crippen molar-refractivity contribution in [2.24, 2.45) is 5.92 Å². The number of carbonyl (C=O) groups is 1. The van der Waals surface area contributed by atoms with Gasteiger partial charge in [0.15, 0.2) is 0 Å². The molecule has 1 saturated carbocycles. The molecule has 2 aromatic rings. The summed E-state index contributed by atoms with van der Waals surface area (Å²) in [5.41, 5.74) is 3.31. The van der Waals surface area contributed by atoms with Gasteiger partial charge in [-0.3, -0.25) is 4.79 Å². The highest BCUT2D eigenvalue weighted by Gasteiger charge is 2.44. The Morgan fingerprint density at radius 3 is 2.68 bits per heavy atom. The average molecular weight is 339 g/mol. The van der Waals surface area contributed by atoms with Gasteiger partial charge >= 0.3 is 0 Å². The molecule has 25 heavy (non-hydrogen) atoms. The number of nitrogens with one attached hydrogen (secondary N) is 1. The van der Waals surface area contributed by atoms with Crippen molar-refractivity contribution in [1.29, 1.82) is 0 Å². The molecule has 2 aromatic carbocycles. The second-order valence-corrected chi connectivity index (χ2v) is 6.56. The number of methoxy groups -OCH3 is 1. The largest absolute Gasteiger partial charge is 0.497 e. The average Bonchev–Trinajstić information content (AvgIpc) is 3.47. The van der Waals surface area contributed by atoms with Gasteiger partial charge in [0.05, 0.1) is 19.8 Å². The van der Waals surface area contributed by atoms with E-state index in [-0.39, 0.29) is 30.4 Å². The molecule has 0 spiro atoms. The number of benzene rings is 2. The summed E-state index contributed by atoms with van der Waals surface area (Å²) in [6, 6.07) is 15.6. The van der Waals surface area contributed by atoms with Crippen LogP contribution in [0.4, 0.5) is 0 Å². The smallest absolute Gasteiger partial charge is 0.224 e. The molecular weight excluding hydrogens is 314 g/mol. The van der Waals surface area contributed by atoms with Gasteiger partial charge in [0.2, 0.25) is 5.91 Å². The van der Waals surface area contributed by atoms with Crippen LogP contribution in [0.3, 0.4) is 0 Å². The summed E-state index contributed by atoms with van der Waals surface area (Å²) in [5.74, 6) is 1.02. The second-order valence-electron chi connectivity index (χ2n) is 6.56. The van der Waals surface area contributed by atoms with Crippen molar-refractivity contribution < 1.29 is 14.6 Å². The first kappa shape index (κ1) is 17.5. The zero-order valence-electron chi connectivity index (χ0n) is 14.7. The molecule has 3 unspecified atom stereocenters. The van der Waals surface area contributed by atoms with Crippen LogP contribution in [0.25, 0.3) is 0 Å². The van der Waals surface area contributed by atoms with E-state index in [2.05, 4.69) is 12.2 Å². The van der Waals surface area contributed by atoms with Crippen LogP contribution in [0.5, 0.6) is 5.75 Å². The predicted molar refractivity (Wildman–Crippen MR) is 97.6 cm³/mol. The van der Waals surface area contributed by atoms with Gasteiger partial charge in [0, 0.05) is 5.92 Å². The Morgan fingerprint density at radius 2 is 2.04 bits per heavy atom. The highest BCUT2D eigenvalue weighted by atomic mass is 16.5. The first-order chi connectivity index (χ1) is 12.2. The van der Waals surface area contributed by atoms with Crippen LogP contribution in [0, 0.1) is 5.92 Å². The Hall–Kier alpha value is -2.33. The van der Waals surface area contributed by atoms with Crippen LogP contribution >= 0.6 is 0 Å². The van der Waals surface area contributed by atoms with Gasteiger partial charge in [0.1, 0.15) is 5.75 Å². The normalized spacial score (nSPS) is 20.0. The maximum absolute atomic E-state index is 12.6. The zero-order chi connectivity index (χ0) is 17.8. The highest BCUT2D eigenvalue weighted by Crippen LogP contribution is 2.48. The molecule has 0 aromatic heterocycles. The second kappa shape index (κ2) is 7.70. The third kappa shape index (κ3) is 4.02. The Balaban J connectivity index is 1.63. The standard InChI is InChI=1S/C21H25NO3/c1-3-14-7-9-15(10-8-14)20(13-23)22-21(24)19-12-18(19)16-5-4-6-17(11-16)25-2/h4-11,18-20,23H,3,12-13H2,1-2H3,(H,22,24). The molecule has 2 N–H and O–H groups in total. The number of amides is 1. The molecule has 132 valence electrons. The summed E-state index contributed by atoms with van der Waals surface area (Å²) in [4.78, 5) is 12.6. The van der Waals surface area contributed by atoms with E-state index in [1.54, 1.807) is 7.11 Å². The zero-order valence-corrected chi connectivity index (χ0v) is 14.7. The molecule has 0 heterocycles. The molecule has 0 saturated heterocycles. The number of hydrogen-bond acceptors (Lipinski definition) is 3. The van der Waals surface area contributed by atoms with Gasteiger partial charge in [-0.15, -0.1) is 0 Å². The van der Waals surface area contributed by atoms with Gasteiger partial charge in [-0.05, 0) is 47.6 Å². The topological polar surface area (TPSA) is 58.6 Å². The number of ether oxygens (including phenoxy) is 1. The van der Waals surface area contributed by atoms with E-state index in [1.165, 1.54) is 5.56 Å². The molecule has 3 atom stereocenters. The van der Waals surface area contributed by atoms with Crippen LogP contribution in [0.2, 0.25) is 0 Å². The van der Waals surface area contributed by atoms with Gasteiger partial charge in [0.25, 0.3) is 0 Å². The lowest BCUT2D eigenvalue weighted by atomic mass is 10.0. The number of aryl methyl sites for hydroxylation is 1. The van der Waals surface area contributed by atoms with Crippen LogP contribution in [0.15, 0.2) is 48.5 Å². The van der Waals surface area contributed by atoms with Crippen molar-refractivity contribution in [2.75, 3.05) is 13.7 Å². The molecule has 4 nitrogen and oxygen atoms in total. The summed E-state index contributed by atoms with van der Waals surface area (Å²) < 4.78 is 5.25. The first-order valence-corrected chi connectivity index (χ1v) is 8.80. The molecular formula is C21H25NO3. The highest BCUT2D eigenvalue weighted by molar-refractivity contribution is 5.83. The summed E-state index contributed by atoms with van der Waals surface area (Å²) in [5, 5.41) is 12.7.